The van der Waals surface area contributed by atoms with Crippen molar-refractivity contribution < 1.29 is 14.5 Å². The number of nitro benzene ring substituents is 1. The molecule has 1 unspecified atom stereocenters. The molecule has 0 aromatic heterocycles. The molecule has 0 saturated carbocycles. The summed E-state index contributed by atoms with van der Waals surface area (Å²) in [6.45, 7) is 3.12. The van der Waals surface area contributed by atoms with E-state index in [1.54, 1.807) is 6.07 Å². The van der Waals surface area contributed by atoms with E-state index >= 15 is 0 Å². The van der Waals surface area contributed by atoms with Crippen LogP contribution in [0.1, 0.15) is 17.2 Å². The van der Waals surface area contributed by atoms with Gasteiger partial charge in [0.1, 0.15) is 5.02 Å². The van der Waals surface area contributed by atoms with Crippen LogP contribution >= 0.6 is 23.2 Å². The molecule has 7 nitrogen and oxygen atoms in total. The van der Waals surface area contributed by atoms with Gasteiger partial charge in [0.15, 0.2) is 0 Å². The first kappa shape index (κ1) is 22.2. The number of ether oxygens (including phenoxy) is 1. The zero-order valence-electron chi connectivity index (χ0n) is 16.1. The van der Waals surface area contributed by atoms with Gasteiger partial charge in [0, 0.05) is 36.8 Å². The van der Waals surface area contributed by atoms with E-state index in [9.17, 15) is 14.9 Å². The Labute approximate surface area is 184 Å². The average Bonchev–Trinajstić information content (AvgIpc) is 2.75. The van der Waals surface area contributed by atoms with Gasteiger partial charge in [0.25, 0.3) is 5.69 Å². The van der Waals surface area contributed by atoms with Gasteiger partial charge in [-0.25, -0.2) is 0 Å². The van der Waals surface area contributed by atoms with Crippen LogP contribution in [0, 0.1) is 10.1 Å². The molecule has 158 valence electrons. The number of carbonyl (C=O) groups is 1. The van der Waals surface area contributed by atoms with Gasteiger partial charge in [-0.1, -0.05) is 47.5 Å². The SMILES string of the molecule is O=C(/C=C/c1ccc(Cl)c([N+](=O)[O-])c1)NCC(c1ccccc1Cl)N1CCOCC1. The van der Waals surface area contributed by atoms with Crippen molar-refractivity contribution in [1.82, 2.24) is 10.2 Å². The highest BCUT2D eigenvalue weighted by atomic mass is 35.5. The fraction of sp³-hybridized carbons (Fsp3) is 0.286. The van der Waals surface area contributed by atoms with Gasteiger partial charge >= 0.3 is 0 Å². The Hall–Kier alpha value is -2.45. The van der Waals surface area contributed by atoms with Crippen LogP contribution in [0.2, 0.25) is 10.0 Å². The summed E-state index contributed by atoms with van der Waals surface area (Å²) in [4.78, 5) is 25.0. The third kappa shape index (κ3) is 5.79. The summed E-state index contributed by atoms with van der Waals surface area (Å²) in [6.07, 6.45) is 2.85. The largest absolute Gasteiger partial charge is 0.379 e. The number of nitro groups is 1. The third-order valence-electron chi connectivity index (χ3n) is 4.81. The summed E-state index contributed by atoms with van der Waals surface area (Å²) < 4.78 is 5.43. The zero-order chi connectivity index (χ0) is 21.5. The predicted octanol–water partition coefficient (Wildman–Crippen LogP) is 4.10. The summed E-state index contributed by atoms with van der Waals surface area (Å²) >= 11 is 12.2. The van der Waals surface area contributed by atoms with Gasteiger partial charge in [-0.05, 0) is 29.3 Å². The number of rotatable bonds is 7. The summed E-state index contributed by atoms with van der Waals surface area (Å²) in [5, 5.41) is 14.6. The maximum Gasteiger partial charge on any atom is 0.288 e. The maximum atomic E-state index is 12.4. The Morgan fingerprint density at radius 3 is 2.63 bits per heavy atom. The molecular formula is C21H21Cl2N3O4. The van der Waals surface area contributed by atoms with Crippen molar-refractivity contribution >= 4 is 40.9 Å². The number of benzene rings is 2. The lowest BCUT2D eigenvalue weighted by molar-refractivity contribution is -0.384. The minimum absolute atomic E-state index is 0.0506. The second kappa shape index (κ2) is 10.5. The van der Waals surface area contributed by atoms with Crippen LogP contribution in [0.5, 0.6) is 0 Å². The van der Waals surface area contributed by atoms with Crippen molar-refractivity contribution in [3.05, 3.63) is 79.8 Å². The molecule has 3 rings (SSSR count). The van der Waals surface area contributed by atoms with Gasteiger partial charge in [-0.2, -0.15) is 0 Å². The monoisotopic (exact) mass is 449 g/mol. The van der Waals surface area contributed by atoms with Crippen LogP contribution in [0.25, 0.3) is 6.08 Å². The molecule has 9 heteroatoms. The molecular weight excluding hydrogens is 429 g/mol. The number of morpholine rings is 1. The number of hydrogen-bond acceptors (Lipinski definition) is 5. The maximum absolute atomic E-state index is 12.4. The number of halogens is 2. The van der Waals surface area contributed by atoms with Gasteiger partial charge < -0.3 is 10.1 Å². The van der Waals surface area contributed by atoms with Gasteiger partial charge in [0.05, 0.1) is 24.2 Å². The van der Waals surface area contributed by atoms with Crippen molar-refractivity contribution in [2.45, 2.75) is 6.04 Å². The Morgan fingerprint density at radius 2 is 1.93 bits per heavy atom. The number of nitrogens with one attached hydrogen (secondary N) is 1. The average molecular weight is 450 g/mol. The highest BCUT2D eigenvalue weighted by Crippen LogP contribution is 2.28. The number of nitrogens with zero attached hydrogens (tertiary/aromatic N) is 2. The van der Waals surface area contributed by atoms with Crippen molar-refractivity contribution in [3.8, 4) is 0 Å². The Kier molecular flexibility index (Phi) is 7.81. The highest BCUT2D eigenvalue weighted by molar-refractivity contribution is 6.32. The molecule has 1 N–H and O–H groups in total. The first-order valence-electron chi connectivity index (χ1n) is 9.42. The normalized spacial score (nSPS) is 15.8. The van der Waals surface area contributed by atoms with Crippen molar-refractivity contribution in [2.24, 2.45) is 0 Å². The minimum Gasteiger partial charge on any atom is -0.379 e. The van der Waals surface area contributed by atoms with Crippen LogP contribution in [0.3, 0.4) is 0 Å². The molecule has 1 aliphatic rings. The van der Waals surface area contributed by atoms with Crippen LogP contribution in [-0.4, -0.2) is 48.6 Å². The topological polar surface area (TPSA) is 84.7 Å². The van der Waals surface area contributed by atoms with Crippen LogP contribution in [-0.2, 0) is 9.53 Å². The van der Waals surface area contributed by atoms with Gasteiger partial charge in [0.2, 0.25) is 5.91 Å². The van der Waals surface area contributed by atoms with E-state index in [2.05, 4.69) is 10.2 Å². The Balaban J connectivity index is 1.68. The molecule has 30 heavy (non-hydrogen) atoms. The molecule has 2 aromatic rings. The molecule has 0 bridgehead atoms. The van der Waals surface area contributed by atoms with E-state index < -0.39 is 4.92 Å². The molecule has 0 aliphatic carbocycles. The van der Waals surface area contributed by atoms with E-state index in [0.29, 0.717) is 30.3 Å². The van der Waals surface area contributed by atoms with E-state index in [0.717, 1.165) is 18.7 Å². The lowest BCUT2D eigenvalue weighted by Crippen LogP contribution is -2.43. The van der Waals surface area contributed by atoms with E-state index in [1.165, 1.54) is 24.3 Å². The van der Waals surface area contributed by atoms with E-state index in [-0.39, 0.29) is 22.7 Å². The first-order valence-corrected chi connectivity index (χ1v) is 10.2. The molecule has 2 aromatic carbocycles. The molecule has 1 fully saturated rings. The Bertz CT molecular complexity index is 946. The van der Waals surface area contributed by atoms with Crippen molar-refractivity contribution in [2.75, 3.05) is 32.8 Å². The molecule has 1 amide bonds. The second-order valence-corrected chi connectivity index (χ2v) is 7.55. The van der Waals surface area contributed by atoms with Crippen LogP contribution < -0.4 is 5.32 Å². The fourth-order valence-electron chi connectivity index (χ4n) is 3.27. The summed E-state index contributed by atoms with van der Waals surface area (Å²) in [5.74, 6) is -0.307. The zero-order valence-corrected chi connectivity index (χ0v) is 17.6. The van der Waals surface area contributed by atoms with E-state index in [4.69, 9.17) is 27.9 Å². The molecule has 1 aliphatic heterocycles. The highest BCUT2D eigenvalue weighted by Gasteiger charge is 2.24. The minimum atomic E-state index is -0.559. The third-order valence-corrected chi connectivity index (χ3v) is 5.48. The lowest BCUT2D eigenvalue weighted by atomic mass is 10.0. The number of carbonyl (C=O) groups excluding carboxylic acids is 1. The summed E-state index contributed by atoms with van der Waals surface area (Å²) in [6, 6.07) is 11.9. The van der Waals surface area contributed by atoms with Gasteiger partial charge in [-0.15, -0.1) is 0 Å². The number of hydrogen-bond donors (Lipinski definition) is 1. The quantitative estimate of drug-likeness (QED) is 0.390. The molecule has 1 saturated heterocycles. The molecule has 1 heterocycles. The van der Waals surface area contributed by atoms with Crippen molar-refractivity contribution in [3.63, 3.8) is 0 Å². The number of amides is 1. The fourth-order valence-corrected chi connectivity index (χ4v) is 3.72. The van der Waals surface area contributed by atoms with Crippen LogP contribution in [0.4, 0.5) is 5.69 Å². The molecule has 0 spiro atoms. The Morgan fingerprint density at radius 1 is 1.20 bits per heavy atom. The lowest BCUT2D eigenvalue weighted by Gasteiger charge is -2.35. The molecule has 1 atom stereocenters. The van der Waals surface area contributed by atoms with Gasteiger partial charge in [-0.3, -0.25) is 19.8 Å². The first-order chi connectivity index (χ1) is 14.5. The van der Waals surface area contributed by atoms with Crippen LogP contribution in [0.15, 0.2) is 48.5 Å². The molecule has 0 radical (unpaired) electrons. The predicted molar refractivity (Wildman–Crippen MR) is 117 cm³/mol. The summed E-state index contributed by atoms with van der Waals surface area (Å²) in [7, 11) is 0. The second-order valence-electron chi connectivity index (χ2n) is 6.73. The smallest absolute Gasteiger partial charge is 0.288 e. The van der Waals surface area contributed by atoms with E-state index in [1.807, 2.05) is 24.3 Å². The standard InChI is InChI=1S/C21H21Cl2N3O4/c22-17-4-2-1-3-16(17)20(25-9-11-30-12-10-25)14-24-21(27)8-6-15-5-7-18(23)19(13-15)26(28)29/h1-8,13,20H,9-12,14H2,(H,24,27)/b8-6+. The summed E-state index contributed by atoms with van der Waals surface area (Å²) in [5.41, 5.74) is 1.25. The van der Waals surface area contributed by atoms with Crippen molar-refractivity contribution in [1.29, 1.82) is 0 Å².